The molecule has 0 fully saturated rings. The highest BCUT2D eigenvalue weighted by Gasteiger charge is 2.42. The van der Waals surface area contributed by atoms with E-state index in [1.54, 1.807) is 19.1 Å². The van der Waals surface area contributed by atoms with Crippen LogP contribution in [0, 0.1) is 10.1 Å². The molecular formula is C28H23BrF3NO7. The van der Waals surface area contributed by atoms with Crippen LogP contribution >= 0.6 is 15.9 Å². The third kappa shape index (κ3) is 5.12. The molecule has 1 heterocycles. The molecule has 210 valence electrons. The van der Waals surface area contributed by atoms with E-state index in [0.29, 0.717) is 78.9 Å². The highest BCUT2D eigenvalue weighted by atomic mass is 79.9. The molecule has 3 aliphatic rings. The van der Waals surface area contributed by atoms with Crippen molar-refractivity contribution in [2.45, 2.75) is 57.5 Å². The van der Waals surface area contributed by atoms with Crippen molar-refractivity contribution in [2.24, 2.45) is 0 Å². The van der Waals surface area contributed by atoms with Crippen molar-refractivity contribution in [3.05, 3.63) is 78.7 Å². The molecule has 0 unspecified atom stereocenters. The zero-order valence-corrected chi connectivity index (χ0v) is 22.8. The van der Waals surface area contributed by atoms with Gasteiger partial charge in [-0.05, 0) is 65.5 Å². The molecule has 0 bridgehead atoms. The lowest BCUT2D eigenvalue weighted by molar-refractivity contribution is -0.385. The van der Waals surface area contributed by atoms with Crippen LogP contribution in [0.3, 0.4) is 0 Å². The molecule has 40 heavy (non-hydrogen) atoms. The second-order valence-electron chi connectivity index (χ2n) is 9.56. The Kier molecular flexibility index (Phi) is 7.47. The summed E-state index contributed by atoms with van der Waals surface area (Å²) in [5.74, 6) is -0.0779. The minimum atomic E-state index is -4.78. The van der Waals surface area contributed by atoms with E-state index in [4.69, 9.17) is 14.2 Å². The first-order valence-electron chi connectivity index (χ1n) is 12.7. The Hall–Kier alpha value is -3.67. The summed E-state index contributed by atoms with van der Waals surface area (Å²) in [6.45, 7) is 1.87. The molecule has 1 aliphatic heterocycles. The third-order valence-corrected chi connectivity index (χ3v) is 7.59. The molecule has 0 saturated heterocycles. The Bertz CT molecular complexity index is 1450. The average Bonchev–Trinajstić information content (AvgIpc) is 2.89. The predicted molar refractivity (Wildman–Crippen MR) is 139 cm³/mol. The first kappa shape index (κ1) is 27.9. The van der Waals surface area contributed by atoms with Crippen LogP contribution < -0.4 is 9.47 Å². The second kappa shape index (κ2) is 10.7. The molecule has 0 spiro atoms. The highest BCUT2D eigenvalue weighted by molar-refractivity contribution is 9.10. The molecule has 0 atom stereocenters. The van der Waals surface area contributed by atoms with Gasteiger partial charge in [0.05, 0.1) is 21.6 Å². The fourth-order valence-electron chi connectivity index (χ4n) is 5.30. The van der Waals surface area contributed by atoms with Crippen LogP contribution in [0.5, 0.6) is 17.2 Å². The van der Waals surface area contributed by atoms with Crippen molar-refractivity contribution in [1.82, 2.24) is 0 Å². The first-order chi connectivity index (χ1) is 19.0. The maximum atomic E-state index is 13.2. The number of hydrogen-bond acceptors (Lipinski definition) is 7. The summed E-state index contributed by atoms with van der Waals surface area (Å²) in [4.78, 5) is 36.9. The van der Waals surface area contributed by atoms with Gasteiger partial charge in [0.1, 0.15) is 11.5 Å². The van der Waals surface area contributed by atoms with Gasteiger partial charge in [-0.1, -0.05) is 0 Å². The van der Waals surface area contributed by atoms with E-state index >= 15 is 0 Å². The molecule has 0 saturated carbocycles. The molecule has 8 nitrogen and oxygen atoms in total. The minimum Gasteiger partial charge on any atom is -0.490 e. The number of rotatable bonds is 6. The summed E-state index contributed by atoms with van der Waals surface area (Å²) in [6, 6.07) is 5.20. The number of ketones is 2. The van der Waals surface area contributed by atoms with E-state index in [-0.39, 0.29) is 34.1 Å². The normalized spacial score (nSPS) is 17.8. The van der Waals surface area contributed by atoms with Gasteiger partial charge in [-0.15, -0.1) is 0 Å². The van der Waals surface area contributed by atoms with Crippen molar-refractivity contribution in [3.8, 4) is 17.2 Å². The number of carbonyl (C=O) groups is 2. The first-order valence-corrected chi connectivity index (χ1v) is 13.5. The number of halogens is 4. The number of nitro benzene ring substituents is 1. The van der Waals surface area contributed by atoms with Gasteiger partial charge in [-0.2, -0.15) is 13.2 Å². The van der Waals surface area contributed by atoms with Gasteiger partial charge >= 0.3 is 11.9 Å². The molecule has 0 aromatic heterocycles. The van der Waals surface area contributed by atoms with Crippen LogP contribution in [0.2, 0.25) is 0 Å². The number of allylic oxidation sites excluding steroid dienone is 4. The maximum absolute atomic E-state index is 13.2. The summed E-state index contributed by atoms with van der Waals surface area (Å²) in [5.41, 5.74) is -0.641. The Labute approximate surface area is 235 Å². The Morgan fingerprint density at radius 3 is 2.17 bits per heavy atom. The van der Waals surface area contributed by atoms with Gasteiger partial charge in [0.15, 0.2) is 23.1 Å². The van der Waals surface area contributed by atoms with Crippen molar-refractivity contribution >= 4 is 33.2 Å². The lowest BCUT2D eigenvalue weighted by Gasteiger charge is -2.36. The summed E-state index contributed by atoms with van der Waals surface area (Å²) in [5, 5.41) is 11.6. The van der Waals surface area contributed by atoms with Gasteiger partial charge in [0, 0.05) is 48.8 Å². The Balaban J connectivity index is 1.63. The van der Waals surface area contributed by atoms with Crippen LogP contribution in [0.25, 0.3) is 0 Å². The molecule has 0 N–H and O–H groups in total. The SMILES string of the molecule is CCOc1cc(C2C3=C(CCCC3=O)OC3=C2C(=O)CCC3)cc(Br)c1Oc1ccc(C(F)(F)F)cc1[N+](=O)[O-]. The van der Waals surface area contributed by atoms with E-state index < -0.39 is 34.0 Å². The van der Waals surface area contributed by atoms with Gasteiger partial charge < -0.3 is 14.2 Å². The summed E-state index contributed by atoms with van der Waals surface area (Å²) < 4.78 is 57.4. The van der Waals surface area contributed by atoms with Crippen LogP contribution in [0.15, 0.2) is 57.5 Å². The smallest absolute Gasteiger partial charge is 0.416 e. The van der Waals surface area contributed by atoms with Gasteiger partial charge in [-0.25, -0.2) is 0 Å². The van der Waals surface area contributed by atoms with Crippen LogP contribution in [0.4, 0.5) is 18.9 Å². The Morgan fingerprint density at radius 1 is 1.00 bits per heavy atom. The molecule has 12 heteroatoms. The lowest BCUT2D eigenvalue weighted by Crippen LogP contribution is -2.30. The zero-order chi connectivity index (χ0) is 28.8. The lowest BCUT2D eigenvalue weighted by atomic mass is 9.73. The number of nitrogens with zero attached hydrogens (tertiary/aromatic N) is 1. The summed E-state index contributed by atoms with van der Waals surface area (Å²) in [7, 11) is 0. The highest BCUT2D eigenvalue weighted by Crippen LogP contribution is 2.51. The van der Waals surface area contributed by atoms with E-state index in [9.17, 15) is 32.9 Å². The Morgan fingerprint density at radius 2 is 1.62 bits per heavy atom. The van der Waals surface area contributed by atoms with Crippen LogP contribution in [0.1, 0.15) is 62.5 Å². The third-order valence-electron chi connectivity index (χ3n) is 7.00. The van der Waals surface area contributed by atoms with Gasteiger partial charge in [0.2, 0.25) is 5.75 Å². The van der Waals surface area contributed by atoms with Gasteiger partial charge in [0.25, 0.3) is 0 Å². The van der Waals surface area contributed by atoms with Crippen molar-refractivity contribution < 1.29 is 41.9 Å². The van der Waals surface area contributed by atoms with Gasteiger partial charge in [-0.3, -0.25) is 19.7 Å². The van der Waals surface area contributed by atoms with E-state index in [2.05, 4.69) is 15.9 Å². The minimum absolute atomic E-state index is 0.00568. The standard InChI is InChI=1S/C28H23BrF3NO7/c1-2-38-23-12-14(24-25-18(34)5-3-7-21(25)39-22-8-4-6-19(35)26(22)24)11-16(29)27(23)40-20-10-9-15(28(30,31)32)13-17(20)33(36)37/h9-13,24H,2-8H2,1H3. The number of benzene rings is 2. The number of Topliss-reactive ketones (excluding diaryl/α,β-unsaturated/α-hetero) is 2. The number of ether oxygens (including phenoxy) is 3. The topological polar surface area (TPSA) is 105 Å². The number of nitro groups is 1. The van der Waals surface area contributed by atoms with Crippen molar-refractivity contribution in [3.63, 3.8) is 0 Å². The van der Waals surface area contributed by atoms with Crippen molar-refractivity contribution in [1.29, 1.82) is 0 Å². The fraction of sp³-hybridized carbons (Fsp3) is 0.357. The van der Waals surface area contributed by atoms with Crippen LogP contribution in [-0.4, -0.2) is 23.1 Å². The molecule has 2 aromatic carbocycles. The average molecular weight is 622 g/mol. The van der Waals surface area contributed by atoms with E-state index in [0.717, 1.165) is 6.07 Å². The largest absolute Gasteiger partial charge is 0.490 e. The number of hydrogen-bond donors (Lipinski definition) is 0. The number of alkyl halides is 3. The molecule has 2 aliphatic carbocycles. The monoisotopic (exact) mass is 621 g/mol. The zero-order valence-electron chi connectivity index (χ0n) is 21.2. The van der Waals surface area contributed by atoms with Crippen molar-refractivity contribution in [2.75, 3.05) is 6.61 Å². The molecule has 5 rings (SSSR count). The second-order valence-corrected chi connectivity index (χ2v) is 10.4. The molecule has 0 radical (unpaired) electrons. The quantitative estimate of drug-likeness (QED) is 0.240. The predicted octanol–water partition coefficient (Wildman–Crippen LogP) is 7.70. The maximum Gasteiger partial charge on any atom is 0.416 e. The summed E-state index contributed by atoms with van der Waals surface area (Å²) >= 11 is 3.42. The summed E-state index contributed by atoms with van der Waals surface area (Å²) in [6.07, 6.45) is -1.69. The number of carbonyl (C=O) groups excluding carboxylic acids is 2. The molecule has 0 amide bonds. The van der Waals surface area contributed by atoms with Crippen LogP contribution in [-0.2, 0) is 20.5 Å². The fourth-order valence-corrected chi connectivity index (χ4v) is 5.84. The van der Waals surface area contributed by atoms with E-state index in [1.807, 2.05) is 0 Å². The molecular weight excluding hydrogens is 599 g/mol. The van der Waals surface area contributed by atoms with E-state index in [1.165, 1.54) is 0 Å². The molecule has 2 aromatic rings.